The number of rotatable bonds is 12. The summed E-state index contributed by atoms with van der Waals surface area (Å²) in [5.74, 6) is -1.11. The summed E-state index contributed by atoms with van der Waals surface area (Å²) in [5, 5.41) is 131. The minimum Gasteiger partial charge on any atom is -0.394 e. The van der Waals surface area contributed by atoms with Crippen molar-refractivity contribution in [3.63, 3.8) is 0 Å². The van der Waals surface area contributed by atoms with E-state index in [1.807, 2.05) is 34.6 Å². The van der Waals surface area contributed by atoms with Gasteiger partial charge in [0, 0.05) is 0 Å². The molecular formula is C47H80O18. The highest BCUT2D eigenvalue weighted by molar-refractivity contribution is 5.22. The van der Waals surface area contributed by atoms with E-state index < -0.39 is 145 Å². The normalized spacial score (nSPS) is 53.0. The maximum atomic E-state index is 12.7. The summed E-state index contributed by atoms with van der Waals surface area (Å²) in [7, 11) is 0. The Bertz CT molecular complexity index is 1660. The van der Waals surface area contributed by atoms with E-state index in [1.54, 1.807) is 0 Å². The third-order valence-electron chi connectivity index (χ3n) is 18.3. The molecule has 0 bridgehead atoms. The van der Waals surface area contributed by atoms with Crippen molar-refractivity contribution in [3.8, 4) is 0 Å². The highest BCUT2D eigenvalue weighted by Gasteiger charge is 2.74. The first-order chi connectivity index (χ1) is 30.3. The fraction of sp³-hybridized carbons (Fsp3) is 0.957. The lowest BCUT2D eigenvalue weighted by atomic mass is 9.34. The molecule has 0 spiro atoms. The maximum absolute atomic E-state index is 12.7. The van der Waals surface area contributed by atoms with Crippen LogP contribution in [0, 0.1) is 45.3 Å². The molecule has 4 aliphatic carbocycles. The van der Waals surface area contributed by atoms with Gasteiger partial charge in [0.15, 0.2) is 18.9 Å². The van der Waals surface area contributed by atoms with Crippen molar-refractivity contribution in [1.29, 1.82) is 0 Å². The molecule has 25 atom stereocenters. The molecular weight excluding hydrogens is 852 g/mol. The molecule has 0 aromatic rings. The van der Waals surface area contributed by atoms with Crippen LogP contribution < -0.4 is 0 Å². The van der Waals surface area contributed by atoms with Crippen LogP contribution in [-0.2, 0) is 28.4 Å². The number of allylic oxidation sites excluding steroid dienone is 2. The van der Waals surface area contributed by atoms with Gasteiger partial charge in [-0.3, -0.25) is 0 Å². The highest BCUT2D eigenvalue weighted by atomic mass is 16.8. The van der Waals surface area contributed by atoms with Crippen LogP contribution in [-0.4, -0.2) is 191 Å². The van der Waals surface area contributed by atoms with Crippen molar-refractivity contribution in [2.75, 3.05) is 19.8 Å². The molecule has 3 heterocycles. The van der Waals surface area contributed by atoms with Crippen molar-refractivity contribution in [2.24, 2.45) is 45.3 Å². The second-order valence-corrected chi connectivity index (χ2v) is 22.6. The molecule has 7 aliphatic rings. The summed E-state index contributed by atoms with van der Waals surface area (Å²) in [6, 6.07) is 0. The maximum Gasteiger partial charge on any atom is 0.187 e. The summed E-state index contributed by atoms with van der Waals surface area (Å²) < 4.78 is 37.7. The minimum atomic E-state index is -1.73. The number of fused-ring (bicyclic) bond motifs is 5. The molecule has 7 rings (SSSR count). The molecule has 0 aromatic heterocycles. The minimum absolute atomic E-state index is 0.0828. The first-order valence-corrected chi connectivity index (χ1v) is 23.9. The lowest BCUT2D eigenvalue weighted by Gasteiger charge is -2.72. The topological polar surface area (TPSA) is 298 Å². The van der Waals surface area contributed by atoms with Crippen molar-refractivity contribution in [3.05, 3.63) is 11.6 Å². The monoisotopic (exact) mass is 933 g/mol. The molecule has 18 nitrogen and oxygen atoms in total. The molecule has 0 amide bonds. The van der Waals surface area contributed by atoms with Crippen molar-refractivity contribution >= 4 is 0 Å². The third kappa shape index (κ3) is 8.72. The van der Waals surface area contributed by atoms with Crippen LogP contribution in [0.3, 0.4) is 0 Å². The van der Waals surface area contributed by atoms with Crippen molar-refractivity contribution in [1.82, 2.24) is 0 Å². The van der Waals surface area contributed by atoms with E-state index in [2.05, 4.69) is 26.8 Å². The van der Waals surface area contributed by atoms with E-state index in [4.69, 9.17) is 28.4 Å². The Morgan fingerprint density at radius 1 is 0.692 bits per heavy atom. The Balaban J connectivity index is 1.27. The lowest BCUT2D eigenvalue weighted by molar-refractivity contribution is -0.377. The van der Waals surface area contributed by atoms with Crippen LogP contribution in [0.2, 0.25) is 0 Å². The van der Waals surface area contributed by atoms with E-state index in [1.165, 1.54) is 0 Å². The Kier molecular flexibility index (Phi) is 15.1. The second-order valence-electron chi connectivity index (χ2n) is 22.6. The average molecular weight is 933 g/mol. The van der Waals surface area contributed by atoms with Crippen LogP contribution in [0.1, 0.15) is 107 Å². The Morgan fingerprint density at radius 3 is 1.94 bits per heavy atom. The summed E-state index contributed by atoms with van der Waals surface area (Å²) in [6.07, 6.45) is -17.2. The smallest absolute Gasteiger partial charge is 0.187 e. The van der Waals surface area contributed by atoms with Gasteiger partial charge in [0.1, 0.15) is 67.1 Å². The van der Waals surface area contributed by atoms with Gasteiger partial charge < -0.3 is 89.7 Å². The Morgan fingerprint density at radius 2 is 1.31 bits per heavy atom. The van der Waals surface area contributed by atoms with Crippen LogP contribution in [0.25, 0.3) is 0 Å². The van der Waals surface area contributed by atoms with E-state index in [0.29, 0.717) is 51.4 Å². The largest absolute Gasteiger partial charge is 0.394 e. The molecule has 3 saturated heterocycles. The predicted molar refractivity (Wildman–Crippen MR) is 229 cm³/mol. The van der Waals surface area contributed by atoms with Crippen LogP contribution >= 0.6 is 0 Å². The SMILES string of the molecule is CC(C)=CCC[C@](C)(O[C@H]1O[C@@H](CO)[C@@H](O)[C@@H](O)[C@H]1O)[C@@H]1CC[C@]2(C)[C@H]1[C@@H](O)C[C@@H]1[C@]3(C)CC[C@H](O)C(C)(C)[C@H]3[C@H](O[C@@H]3O[C@@H](CO)[C@@H](O)[C@H](O)[C@@H]3O[C@H]3OC[C@@H](O)[C@H](O)[C@@H]3O)C[C@@]12C. The first kappa shape index (κ1) is 51.9. The number of hydrogen-bond acceptors (Lipinski definition) is 18. The predicted octanol–water partition coefficient (Wildman–Crippen LogP) is -0.417. The number of aliphatic hydroxyl groups excluding tert-OH is 12. The van der Waals surface area contributed by atoms with Crippen molar-refractivity contribution < 1.29 is 89.7 Å². The number of hydrogen-bond donors (Lipinski definition) is 12. The van der Waals surface area contributed by atoms with Gasteiger partial charge >= 0.3 is 0 Å². The fourth-order valence-electron chi connectivity index (χ4n) is 14.6. The third-order valence-corrected chi connectivity index (χ3v) is 18.3. The first-order valence-electron chi connectivity index (χ1n) is 23.9. The van der Waals surface area contributed by atoms with Gasteiger partial charge in [-0.2, -0.15) is 0 Å². The Labute approximate surface area is 382 Å². The molecule has 0 unspecified atom stereocenters. The summed E-state index contributed by atoms with van der Waals surface area (Å²) in [4.78, 5) is 0. The summed E-state index contributed by atoms with van der Waals surface area (Å²) >= 11 is 0. The molecule has 12 N–H and O–H groups in total. The molecule has 0 radical (unpaired) electrons. The molecule has 4 saturated carbocycles. The second kappa shape index (κ2) is 19.0. The van der Waals surface area contributed by atoms with Gasteiger partial charge in [-0.05, 0) is 117 Å². The lowest BCUT2D eigenvalue weighted by Crippen LogP contribution is -2.71. The van der Waals surface area contributed by atoms with Crippen molar-refractivity contribution in [2.45, 2.75) is 217 Å². The van der Waals surface area contributed by atoms with E-state index in [9.17, 15) is 61.3 Å². The molecule has 376 valence electrons. The zero-order valence-corrected chi connectivity index (χ0v) is 39.3. The number of aliphatic hydroxyl groups is 12. The van der Waals surface area contributed by atoms with Crippen LogP contribution in [0.15, 0.2) is 11.6 Å². The highest BCUT2D eigenvalue weighted by Crippen LogP contribution is 2.76. The van der Waals surface area contributed by atoms with Gasteiger partial charge in [-0.15, -0.1) is 0 Å². The molecule has 7 fully saturated rings. The van der Waals surface area contributed by atoms with E-state index in [0.717, 1.165) is 5.57 Å². The van der Waals surface area contributed by atoms with Gasteiger partial charge in [-0.25, -0.2) is 0 Å². The van der Waals surface area contributed by atoms with Gasteiger partial charge in [0.25, 0.3) is 0 Å². The summed E-state index contributed by atoms with van der Waals surface area (Å²) in [6.45, 7) is 15.0. The zero-order chi connectivity index (χ0) is 47.9. The quantitative estimate of drug-likeness (QED) is 0.0874. The standard InChI is InChI=1S/C47H80O18/c1-21(2)10-9-13-47(8,65-41-37(59)34(56)32(54)26(18-48)62-41)22-11-15-45(6)30(22)23(50)16-28-44(5)14-12-29(52)43(3,4)39(44)25(17-46(28,45)7)61-42-38(35(57)33(55)27(19-49)63-42)64-40-36(58)31(53)24(51)20-60-40/h10,22-42,48-59H,9,11-20H2,1-8H3/t22-,23+,24-,25-,26+,27+,28-,29+,30-,31+,32-,33-,34-,35+,36+,37-,38+,39-,40-,41-,42-,44+,45-,46+,47+/m1/s1. The summed E-state index contributed by atoms with van der Waals surface area (Å²) in [5.41, 5.74) is -2.41. The molecule has 0 aromatic carbocycles. The zero-order valence-electron chi connectivity index (χ0n) is 39.3. The number of ether oxygens (including phenoxy) is 6. The fourth-order valence-corrected chi connectivity index (χ4v) is 14.6. The molecule has 3 aliphatic heterocycles. The van der Waals surface area contributed by atoms with Crippen LogP contribution in [0.5, 0.6) is 0 Å². The average Bonchev–Trinajstić information content (AvgIpc) is 3.63. The van der Waals surface area contributed by atoms with Gasteiger partial charge in [0.2, 0.25) is 0 Å². The van der Waals surface area contributed by atoms with E-state index in [-0.39, 0.29) is 30.3 Å². The van der Waals surface area contributed by atoms with Gasteiger partial charge in [0.05, 0.1) is 43.7 Å². The van der Waals surface area contributed by atoms with Crippen LogP contribution in [0.4, 0.5) is 0 Å². The Hall–Kier alpha value is -0.980. The van der Waals surface area contributed by atoms with E-state index >= 15 is 0 Å². The molecule has 18 heteroatoms. The van der Waals surface area contributed by atoms with Gasteiger partial charge in [-0.1, -0.05) is 46.3 Å². The molecule has 65 heavy (non-hydrogen) atoms.